The van der Waals surface area contributed by atoms with Crippen molar-refractivity contribution in [2.75, 3.05) is 11.9 Å². The molecule has 29 heavy (non-hydrogen) atoms. The van der Waals surface area contributed by atoms with Crippen molar-refractivity contribution in [1.82, 2.24) is 9.97 Å². The van der Waals surface area contributed by atoms with Gasteiger partial charge in [0.25, 0.3) is 5.91 Å². The average molecular weight is 476 g/mol. The van der Waals surface area contributed by atoms with Crippen LogP contribution in [-0.2, 0) is 0 Å². The molecule has 1 aromatic carbocycles. The highest BCUT2D eigenvalue weighted by atomic mass is 35.5. The minimum Gasteiger partial charge on any atom is -0.330 e. The molecule has 1 amide bonds. The highest BCUT2D eigenvalue weighted by molar-refractivity contribution is 7.13. The van der Waals surface area contributed by atoms with Crippen LogP contribution in [0.25, 0.3) is 10.9 Å². The predicted molar refractivity (Wildman–Crippen MR) is 127 cm³/mol. The number of nitrogens with one attached hydrogen (secondary N) is 1. The van der Waals surface area contributed by atoms with Crippen molar-refractivity contribution in [3.8, 4) is 0 Å². The lowest BCUT2D eigenvalue weighted by Crippen LogP contribution is -2.21. The first-order valence-electron chi connectivity index (χ1n) is 9.05. The molecule has 2 aromatic heterocycles. The lowest BCUT2D eigenvalue weighted by molar-refractivity contribution is 0.102. The smallest absolute Gasteiger partial charge is 0.258 e. The highest BCUT2D eigenvalue weighted by Gasteiger charge is 2.24. The zero-order valence-corrected chi connectivity index (χ0v) is 19.0. The van der Waals surface area contributed by atoms with Crippen LogP contribution in [-0.4, -0.2) is 22.4 Å². The summed E-state index contributed by atoms with van der Waals surface area (Å²) in [7, 11) is 0. The molecule has 0 spiro atoms. The fourth-order valence-corrected chi connectivity index (χ4v) is 4.26. The van der Waals surface area contributed by atoms with Gasteiger partial charge in [-0.2, -0.15) is 0 Å². The van der Waals surface area contributed by atoms with Crippen molar-refractivity contribution in [3.05, 3.63) is 53.2 Å². The van der Waals surface area contributed by atoms with Crippen LogP contribution < -0.4 is 11.1 Å². The summed E-state index contributed by atoms with van der Waals surface area (Å²) >= 11 is 1.42. The minimum atomic E-state index is -0.129. The molecule has 2 heterocycles. The third kappa shape index (κ3) is 5.80. The molecular formula is C20H25Cl3N4OS. The van der Waals surface area contributed by atoms with Gasteiger partial charge >= 0.3 is 0 Å². The van der Waals surface area contributed by atoms with Gasteiger partial charge in [-0.3, -0.25) is 15.1 Å². The monoisotopic (exact) mass is 474 g/mol. The van der Waals surface area contributed by atoms with E-state index < -0.39 is 0 Å². The topological polar surface area (TPSA) is 80.9 Å². The largest absolute Gasteiger partial charge is 0.330 e. The number of anilines is 1. The Hall–Kier alpha value is -1.44. The van der Waals surface area contributed by atoms with Gasteiger partial charge in [0.2, 0.25) is 0 Å². The molecule has 3 aromatic rings. The predicted octanol–water partition coefficient (Wildman–Crippen LogP) is 5.44. The second-order valence-electron chi connectivity index (χ2n) is 6.86. The number of carbonyl (C=O) groups excluding carboxylic acids is 1. The highest BCUT2D eigenvalue weighted by Crippen LogP contribution is 2.36. The lowest BCUT2D eigenvalue weighted by atomic mass is 9.80. The van der Waals surface area contributed by atoms with E-state index in [0.717, 1.165) is 48.8 Å². The van der Waals surface area contributed by atoms with Crippen LogP contribution in [0.4, 0.5) is 5.13 Å². The van der Waals surface area contributed by atoms with Crippen LogP contribution in [0, 0.1) is 5.92 Å². The van der Waals surface area contributed by atoms with Gasteiger partial charge < -0.3 is 5.73 Å². The van der Waals surface area contributed by atoms with E-state index in [1.54, 1.807) is 6.20 Å². The standard InChI is InChI=1S/C20H22N4OS.3ClH/c21-12-13-5-7-14(8-6-13)18-11-16(15-3-1-2-4-17(15)23-18)19(25)24-20-22-9-10-26-20;;;/h1-4,9-11,13-14H,5-8,12,21H2,(H,22,24,25);3*1H. The fraction of sp³-hybridized carbons (Fsp3) is 0.350. The average Bonchev–Trinajstić information content (AvgIpc) is 3.20. The molecule has 0 unspecified atom stereocenters. The van der Waals surface area contributed by atoms with Crippen molar-refractivity contribution in [2.45, 2.75) is 31.6 Å². The van der Waals surface area contributed by atoms with Crippen LogP contribution in [0.5, 0.6) is 0 Å². The number of amides is 1. The van der Waals surface area contributed by atoms with Crippen LogP contribution >= 0.6 is 48.6 Å². The Kier molecular flexibility index (Phi) is 10.3. The van der Waals surface area contributed by atoms with Gasteiger partial charge in [-0.1, -0.05) is 18.2 Å². The molecule has 1 aliphatic carbocycles. The van der Waals surface area contributed by atoms with Gasteiger partial charge in [-0.25, -0.2) is 4.98 Å². The maximum Gasteiger partial charge on any atom is 0.258 e. The Labute approximate surface area is 193 Å². The number of rotatable bonds is 4. The van der Waals surface area contributed by atoms with Crippen LogP contribution in [0.1, 0.15) is 47.7 Å². The first-order valence-corrected chi connectivity index (χ1v) is 9.93. The fourth-order valence-electron chi connectivity index (χ4n) is 3.74. The quantitative estimate of drug-likeness (QED) is 0.526. The Bertz CT molecular complexity index is 915. The van der Waals surface area contributed by atoms with Gasteiger partial charge in [0, 0.05) is 28.6 Å². The number of pyridine rings is 1. The second kappa shape index (κ2) is 11.7. The molecule has 0 aliphatic heterocycles. The Balaban J connectivity index is 0.00000140. The molecule has 0 saturated heterocycles. The van der Waals surface area contributed by atoms with E-state index in [1.807, 2.05) is 35.7 Å². The molecule has 0 radical (unpaired) electrons. The van der Waals surface area contributed by atoms with E-state index in [0.29, 0.717) is 22.5 Å². The van der Waals surface area contributed by atoms with E-state index in [1.165, 1.54) is 11.3 Å². The molecular weight excluding hydrogens is 451 g/mol. The number of nitrogens with zero attached hydrogens (tertiary/aromatic N) is 2. The number of carbonyl (C=O) groups is 1. The summed E-state index contributed by atoms with van der Waals surface area (Å²) in [6, 6.07) is 9.81. The third-order valence-corrected chi connectivity index (χ3v) is 5.92. The molecule has 1 fully saturated rings. The summed E-state index contributed by atoms with van der Waals surface area (Å²) in [6.07, 6.45) is 6.13. The van der Waals surface area contributed by atoms with E-state index in [-0.39, 0.29) is 43.1 Å². The third-order valence-electron chi connectivity index (χ3n) is 5.23. The number of nitrogens with two attached hydrogens (primary N) is 1. The Morgan fingerprint density at radius 2 is 1.86 bits per heavy atom. The van der Waals surface area contributed by atoms with Gasteiger partial charge in [-0.15, -0.1) is 48.6 Å². The maximum atomic E-state index is 12.9. The molecule has 4 rings (SSSR count). The summed E-state index contributed by atoms with van der Waals surface area (Å²) in [5, 5.41) is 6.24. The van der Waals surface area contributed by atoms with Gasteiger partial charge in [0.05, 0.1) is 11.1 Å². The Morgan fingerprint density at radius 1 is 1.14 bits per heavy atom. The van der Waals surface area contributed by atoms with Crippen molar-refractivity contribution < 1.29 is 4.79 Å². The number of benzene rings is 1. The van der Waals surface area contributed by atoms with E-state index in [9.17, 15) is 4.79 Å². The molecule has 1 saturated carbocycles. The summed E-state index contributed by atoms with van der Waals surface area (Å²) in [4.78, 5) is 21.9. The number of halogens is 3. The van der Waals surface area contributed by atoms with Crippen molar-refractivity contribution in [1.29, 1.82) is 0 Å². The second-order valence-corrected chi connectivity index (χ2v) is 7.75. The summed E-state index contributed by atoms with van der Waals surface area (Å²) < 4.78 is 0. The van der Waals surface area contributed by atoms with Crippen molar-refractivity contribution in [2.24, 2.45) is 11.7 Å². The minimum absolute atomic E-state index is 0. The van der Waals surface area contributed by atoms with E-state index in [2.05, 4.69) is 10.3 Å². The molecule has 158 valence electrons. The number of hydrogen-bond acceptors (Lipinski definition) is 5. The SMILES string of the molecule is Cl.Cl.Cl.NCC1CCC(c2cc(C(=O)Nc3nccs3)c3ccccc3n2)CC1. The number of thiazole rings is 1. The summed E-state index contributed by atoms with van der Waals surface area (Å²) in [5.74, 6) is 0.892. The molecule has 5 nitrogen and oxygen atoms in total. The first kappa shape index (κ1) is 25.6. The van der Waals surface area contributed by atoms with Crippen molar-refractivity contribution >= 4 is 70.5 Å². The number of aromatic nitrogens is 2. The zero-order valence-electron chi connectivity index (χ0n) is 15.7. The van der Waals surface area contributed by atoms with Gasteiger partial charge in [0.15, 0.2) is 5.13 Å². The molecule has 1 aliphatic rings. The summed E-state index contributed by atoms with van der Waals surface area (Å²) in [6.45, 7) is 0.763. The first-order chi connectivity index (χ1) is 12.7. The molecule has 3 N–H and O–H groups in total. The normalized spacial score (nSPS) is 18.1. The van der Waals surface area contributed by atoms with E-state index in [4.69, 9.17) is 10.7 Å². The zero-order chi connectivity index (χ0) is 17.9. The Morgan fingerprint density at radius 3 is 2.52 bits per heavy atom. The molecule has 9 heteroatoms. The van der Waals surface area contributed by atoms with Crippen LogP contribution in [0.15, 0.2) is 41.9 Å². The number of fused-ring (bicyclic) bond motifs is 1. The van der Waals surface area contributed by atoms with Crippen molar-refractivity contribution in [3.63, 3.8) is 0 Å². The lowest BCUT2D eigenvalue weighted by Gasteiger charge is -2.27. The van der Waals surface area contributed by atoms with Gasteiger partial charge in [-0.05, 0) is 50.3 Å². The van der Waals surface area contributed by atoms with Crippen LogP contribution in [0.3, 0.4) is 0 Å². The van der Waals surface area contributed by atoms with Gasteiger partial charge in [0.1, 0.15) is 0 Å². The number of para-hydroxylation sites is 1. The molecule has 0 atom stereocenters. The molecule has 0 bridgehead atoms. The van der Waals surface area contributed by atoms with Crippen LogP contribution in [0.2, 0.25) is 0 Å². The number of hydrogen-bond donors (Lipinski definition) is 2. The maximum absolute atomic E-state index is 12.9. The van der Waals surface area contributed by atoms with E-state index >= 15 is 0 Å². The summed E-state index contributed by atoms with van der Waals surface area (Å²) in [5.41, 5.74) is 8.37.